The van der Waals surface area contributed by atoms with Gasteiger partial charge in [-0.05, 0) is 24.1 Å². The first kappa shape index (κ1) is 13.0. The molecule has 98 valence electrons. The lowest BCUT2D eigenvalue weighted by Crippen LogP contribution is -2.26. The van der Waals surface area contributed by atoms with E-state index in [-0.39, 0.29) is 5.91 Å². The van der Waals surface area contributed by atoms with E-state index in [2.05, 4.69) is 15.3 Å². The van der Waals surface area contributed by atoms with E-state index < -0.39 is 0 Å². The summed E-state index contributed by atoms with van der Waals surface area (Å²) in [5.74, 6) is 0.635. The van der Waals surface area contributed by atoms with E-state index >= 15 is 0 Å². The Labute approximate surface area is 111 Å². The SMILES string of the molecule is COc1ccccc1CCNC(=O)c1ccncn1. The van der Waals surface area contributed by atoms with Crippen LogP contribution in [0.4, 0.5) is 0 Å². The van der Waals surface area contributed by atoms with Gasteiger partial charge in [0, 0.05) is 12.7 Å². The Balaban J connectivity index is 1.88. The number of hydrogen-bond donors (Lipinski definition) is 1. The smallest absolute Gasteiger partial charge is 0.270 e. The molecule has 0 unspecified atom stereocenters. The third-order valence-electron chi connectivity index (χ3n) is 2.69. The molecule has 1 N–H and O–H groups in total. The minimum atomic E-state index is -0.197. The van der Waals surface area contributed by atoms with Crippen LogP contribution in [0.2, 0.25) is 0 Å². The van der Waals surface area contributed by atoms with E-state index in [1.54, 1.807) is 19.4 Å². The van der Waals surface area contributed by atoms with Crippen molar-refractivity contribution >= 4 is 5.91 Å². The van der Waals surface area contributed by atoms with Crippen LogP contribution in [0.3, 0.4) is 0 Å². The predicted molar refractivity (Wildman–Crippen MR) is 71.1 cm³/mol. The van der Waals surface area contributed by atoms with Gasteiger partial charge in [0.1, 0.15) is 17.8 Å². The molecule has 0 aliphatic rings. The maximum atomic E-state index is 11.8. The summed E-state index contributed by atoms with van der Waals surface area (Å²) < 4.78 is 5.25. The molecule has 0 aliphatic heterocycles. The highest BCUT2D eigenvalue weighted by atomic mass is 16.5. The zero-order valence-electron chi connectivity index (χ0n) is 10.7. The van der Waals surface area contributed by atoms with Gasteiger partial charge in [-0.2, -0.15) is 0 Å². The van der Waals surface area contributed by atoms with Gasteiger partial charge in [0.25, 0.3) is 5.91 Å². The second-order valence-corrected chi connectivity index (χ2v) is 3.91. The normalized spacial score (nSPS) is 9.95. The van der Waals surface area contributed by atoms with E-state index in [9.17, 15) is 4.79 Å². The summed E-state index contributed by atoms with van der Waals surface area (Å²) in [7, 11) is 1.64. The zero-order valence-corrected chi connectivity index (χ0v) is 10.7. The first-order chi connectivity index (χ1) is 9.31. The number of aromatic nitrogens is 2. The van der Waals surface area contributed by atoms with Crippen LogP contribution in [0, 0.1) is 0 Å². The quantitative estimate of drug-likeness (QED) is 0.880. The lowest BCUT2D eigenvalue weighted by atomic mass is 10.1. The molecule has 0 fully saturated rings. The lowest BCUT2D eigenvalue weighted by molar-refractivity contribution is 0.0949. The first-order valence-electron chi connectivity index (χ1n) is 5.97. The molecule has 2 aromatic rings. The van der Waals surface area contributed by atoms with Crippen molar-refractivity contribution in [3.8, 4) is 5.75 Å². The molecule has 0 saturated carbocycles. The van der Waals surface area contributed by atoms with E-state index in [4.69, 9.17) is 4.74 Å². The summed E-state index contributed by atoms with van der Waals surface area (Å²) in [5, 5.41) is 2.81. The number of amides is 1. The van der Waals surface area contributed by atoms with Crippen molar-refractivity contribution in [2.24, 2.45) is 0 Å². The van der Waals surface area contributed by atoms with Gasteiger partial charge in [-0.1, -0.05) is 18.2 Å². The summed E-state index contributed by atoms with van der Waals surface area (Å²) in [6.45, 7) is 0.531. The van der Waals surface area contributed by atoms with Gasteiger partial charge in [-0.3, -0.25) is 4.79 Å². The van der Waals surface area contributed by atoms with Gasteiger partial charge in [0.15, 0.2) is 0 Å². The third kappa shape index (κ3) is 3.51. The largest absolute Gasteiger partial charge is 0.496 e. The fraction of sp³-hybridized carbons (Fsp3) is 0.214. The van der Waals surface area contributed by atoms with Crippen LogP contribution in [0.1, 0.15) is 16.1 Å². The lowest BCUT2D eigenvalue weighted by Gasteiger charge is -2.08. The summed E-state index contributed by atoms with van der Waals surface area (Å²) in [6, 6.07) is 9.33. The third-order valence-corrected chi connectivity index (χ3v) is 2.69. The van der Waals surface area contributed by atoms with Gasteiger partial charge in [0.05, 0.1) is 7.11 Å². The summed E-state index contributed by atoms with van der Waals surface area (Å²) in [6.07, 6.45) is 3.61. The van der Waals surface area contributed by atoms with Crippen molar-refractivity contribution in [3.05, 3.63) is 54.1 Å². The number of carbonyl (C=O) groups excluding carboxylic acids is 1. The standard InChI is InChI=1S/C14H15N3O2/c1-19-13-5-3-2-4-11(13)6-9-16-14(18)12-7-8-15-10-17-12/h2-5,7-8,10H,6,9H2,1H3,(H,16,18). The van der Waals surface area contributed by atoms with Crippen LogP contribution >= 0.6 is 0 Å². The van der Waals surface area contributed by atoms with E-state index in [1.165, 1.54) is 6.33 Å². The van der Waals surface area contributed by atoms with Gasteiger partial charge in [0.2, 0.25) is 0 Å². The topological polar surface area (TPSA) is 64.1 Å². The fourth-order valence-corrected chi connectivity index (χ4v) is 1.74. The Hall–Kier alpha value is -2.43. The Bertz CT molecular complexity index is 543. The predicted octanol–water partition coefficient (Wildman–Crippen LogP) is 1.46. The van der Waals surface area contributed by atoms with Crippen LogP contribution in [0.25, 0.3) is 0 Å². The van der Waals surface area contributed by atoms with Crippen molar-refractivity contribution in [2.75, 3.05) is 13.7 Å². The maximum Gasteiger partial charge on any atom is 0.270 e. The molecule has 1 heterocycles. The molecule has 2 rings (SSSR count). The molecule has 0 bridgehead atoms. The van der Waals surface area contributed by atoms with Crippen molar-refractivity contribution in [2.45, 2.75) is 6.42 Å². The molecule has 5 nitrogen and oxygen atoms in total. The molecular formula is C14H15N3O2. The monoisotopic (exact) mass is 257 g/mol. The minimum absolute atomic E-state index is 0.197. The molecule has 0 saturated heterocycles. The van der Waals surface area contributed by atoms with Gasteiger partial charge in [-0.25, -0.2) is 9.97 Å². The minimum Gasteiger partial charge on any atom is -0.496 e. The molecule has 0 spiro atoms. The zero-order chi connectivity index (χ0) is 13.5. The molecule has 19 heavy (non-hydrogen) atoms. The Morgan fingerprint density at radius 1 is 1.32 bits per heavy atom. The number of rotatable bonds is 5. The van der Waals surface area contributed by atoms with Gasteiger partial charge in [-0.15, -0.1) is 0 Å². The molecule has 5 heteroatoms. The van der Waals surface area contributed by atoms with Crippen LogP contribution in [0.15, 0.2) is 42.9 Å². The Morgan fingerprint density at radius 3 is 2.89 bits per heavy atom. The number of nitrogens with one attached hydrogen (secondary N) is 1. The van der Waals surface area contributed by atoms with Gasteiger partial charge < -0.3 is 10.1 Å². The number of benzene rings is 1. The molecular weight excluding hydrogens is 242 g/mol. The number of ether oxygens (including phenoxy) is 1. The van der Waals surface area contributed by atoms with Crippen LogP contribution in [-0.4, -0.2) is 29.5 Å². The second kappa shape index (κ2) is 6.49. The fourth-order valence-electron chi connectivity index (χ4n) is 1.74. The van der Waals surface area contributed by atoms with Gasteiger partial charge >= 0.3 is 0 Å². The number of nitrogens with zero attached hydrogens (tertiary/aromatic N) is 2. The van der Waals surface area contributed by atoms with E-state index in [0.717, 1.165) is 11.3 Å². The Kier molecular flexibility index (Phi) is 4.44. The molecule has 1 aromatic heterocycles. The first-order valence-corrected chi connectivity index (χ1v) is 5.97. The van der Waals surface area contributed by atoms with Crippen molar-refractivity contribution < 1.29 is 9.53 Å². The molecule has 0 atom stereocenters. The number of hydrogen-bond acceptors (Lipinski definition) is 4. The number of para-hydroxylation sites is 1. The average Bonchev–Trinajstić information content (AvgIpc) is 2.48. The summed E-state index contributed by atoms with van der Waals surface area (Å²) >= 11 is 0. The second-order valence-electron chi connectivity index (χ2n) is 3.91. The average molecular weight is 257 g/mol. The molecule has 1 aromatic carbocycles. The van der Waals surface area contributed by atoms with Crippen molar-refractivity contribution in [1.82, 2.24) is 15.3 Å². The molecule has 0 radical (unpaired) electrons. The molecule has 1 amide bonds. The summed E-state index contributed by atoms with van der Waals surface area (Å²) in [5.41, 5.74) is 1.43. The van der Waals surface area contributed by atoms with Crippen LogP contribution < -0.4 is 10.1 Å². The maximum absolute atomic E-state index is 11.8. The highest BCUT2D eigenvalue weighted by Gasteiger charge is 2.06. The van der Waals surface area contributed by atoms with E-state index in [1.807, 2.05) is 24.3 Å². The Morgan fingerprint density at radius 2 is 2.16 bits per heavy atom. The van der Waals surface area contributed by atoms with Crippen LogP contribution in [0.5, 0.6) is 5.75 Å². The highest BCUT2D eigenvalue weighted by Crippen LogP contribution is 2.17. The highest BCUT2D eigenvalue weighted by molar-refractivity contribution is 5.92. The summed E-state index contributed by atoms with van der Waals surface area (Å²) in [4.78, 5) is 19.4. The van der Waals surface area contributed by atoms with Crippen molar-refractivity contribution in [3.63, 3.8) is 0 Å². The van der Waals surface area contributed by atoms with Crippen LogP contribution in [-0.2, 0) is 6.42 Å². The van der Waals surface area contributed by atoms with Crippen molar-refractivity contribution in [1.29, 1.82) is 0 Å². The number of carbonyl (C=O) groups is 1. The molecule has 0 aliphatic carbocycles. The van der Waals surface area contributed by atoms with E-state index in [0.29, 0.717) is 18.7 Å². The number of methoxy groups -OCH3 is 1.